The standard InChI is InChI=1S/C21H33FN2O4/c1-6-15(5)19(22)8-14(4)7-16-11-24(13(2)3)23-21(16)28-20-10-17(26)9-18(12-25)27-20/h8,11,13,17-18,20,25-26H,6-7,9-10,12H2,1-5H3/b14-8+,19-15+/t17?,18-,20?/m0/s1. The second-order valence-corrected chi connectivity index (χ2v) is 7.80. The van der Waals surface area contributed by atoms with Gasteiger partial charge in [0.25, 0.3) is 0 Å². The lowest BCUT2D eigenvalue weighted by atomic mass is 10.1. The quantitative estimate of drug-likeness (QED) is 0.653. The lowest BCUT2D eigenvalue weighted by molar-refractivity contribution is -0.186. The van der Waals surface area contributed by atoms with Crippen molar-refractivity contribution in [3.63, 3.8) is 0 Å². The van der Waals surface area contributed by atoms with Gasteiger partial charge in [-0.2, -0.15) is 0 Å². The molecular weight excluding hydrogens is 363 g/mol. The highest BCUT2D eigenvalue weighted by atomic mass is 19.1. The molecule has 0 radical (unpaired) electrons. The van der Waals surface area contributed by atoms with E-state index in [1.807, 2.05) is 33.9 Å². The van der Waals surface area contributed by atoms with Gasteiger partial charge in [0.15, 0.2) is 0 Å². The molecule has 0 saturated carbocycles. The van der Waals surface area contributed by atoms with Crippen molar-refractivity contribution in [2.24, 2.45) is 0 Å². The number of aliphatic hydroxyl groups is 2. The Balaban J connectivity index is 2.21. The van der Waals surface area contributed by atoms with Gasteiger partial charge < -0.3 is 19.7 Å². The molecule has 2 rings (SSSR count). The predicted molar refractivity (Wildman–Crippen MR) is 106 cm³/mol. The third kappa shape index (κ3) is 6.15. The van der Waals surface area contributed by atoms with Crippen molar-refractivity contribution in [2.45, 2.75) is 84.8 Å². The maximum Gasteiger partial charge on any atom is 0.238 e. The molecule has 1 aromatic heterocycles. The number of aliphatic hydroxyl groups excluding tert-OH is 2. The normalized spacial score (nSPS) is 24.5. The molecule has 1 aliphatic heterocycles. The fourth-order valence-corrected chi connectivity index (χ4v) is 3.02. The highest BCUT2D eigenvalue weighted by Gasteiger charge is 2.30. The van der Waals surface area contributed by atoms with Crippen LogP contribution in [-0.4, -0.2) is 45.1 Å². The molecular formula is C21H33FN2O4. The Bertz CT molecular complexity index is 711. The molecule has 6 nitrogen and oxygen atoms in total. The molecule has 0 amide bonds. The summed E-state index contributed by atoms with van der Waals surface area (Å²) in [6.45, 7) is 9.44. The molecule has 1 saturated heterocycles. The minimum absolute atomic E-state index is 0.141. The van der Waals surface area contributed by atoms with Gasteiger partial charge >= 0.3 is 0 Å². The Morgan fingerprint density at radius 2 is 2.14 bits per heavy atom. The van der Waals surface area contributed by atoms with Crippen LogP contribution in [0.5, 0.6) is 5.88 Å². The van der Waals surface area contributed by atoms with E-state index in [-0.39, 0.29) is 18.5 Å². The first-order valence-electron chi connectivity index (χ1n) is 9.94. The second kappa shape index (κ2) is 10.2. The molecule has 0 bridgehead atoms. The summed E-state index contributed by atoms with van der Waals surface area (Å²) in [5, 5.41) is 23.8. The number of hydrogen-bond donors (Lipinski definition) is 2. The highest BCUT2D eigenvalue weighted by molar-refractivity contribution is 5.31. The monoisotopic (exact) mass is 396 g/mol. The second-order valence-electron chi connectivity index (χ2n) is 7.80. The van der Waals surface area contributed by atoms with Crippen LogP contribution in [-0.2, 0) is 11.2 Å². The molecule has 3 atom stereocenters. The van der Waals surface area contributed by atoms with Crippen LogP contribution < -0.4 is 4.74 Å². The third-order valence-corrected chi connectivity index (χ3v) is 4.87. The maximum atomic E-state index is 14.2. The summed E-state index contributed by atoms with van der Waals surface area (Å²) >= 11 is 0. The van der Waals surface area contributed by atoms with Gasteiger partial charge in [-0.15, -0.1) is 5.10 Å². The SMILES string of the molecule is CC/C(C)=C(F)\C=C(/C)Cc1cn(C(C)C)nc1OC1CC(O)C[C@@H](CO)O1. The summed E-state index contributed by atoms with van der Waals surface area (Å²) in [5.41, 5.74) is 2.40. The molecule has 1 fully saturated rings. The van der Waals surface area contributed by atoms with Crippen LogP contribution in [0.1, 0.15) is 65.5 Å². The Morgan fingerprint density at radius 1 is 1.43 bits per heavy atom. The zero-order valence-electron chi connectivity index (χ0n) is 17.5. The van der Waals surface area contributed by atoms with Crippen molar-refractivity contribution < 1.29 is 24.1 Å². The van der Waals surface area contributed by atoms with Gasteiger partial charge in [0.05, 0.1) is 18.8 Å². The number of ether oxygens (including phenoxy) is 2. The van der Waals surface area contributed by atoms with Crippen LogP contribution in [0, 0.1) is 0 Å². The number of halogens is 1. The summed E-state index contributed by atoms with van der Waals surface area (Å²) in [6, 6.07) is 0.141. The minimum Gasteiger partial charge on any atom is -0.446 e. The molecule has 2 N–H and O–H groups in total. The summed E-state index contributed by atoms with van der Waals surface area (Å²) in [4.78, 5) is 0. The van der Waals surface area contributed by atoms with E-state index in [2.05, 4.69) is 5.10 Å². The number of aromatic nitrogens is 2. The topological polar surface area (TPSA) is 76.7 Å². The van der Waals surface area contributed by atoms with Gasteiger partial charge in [-0.05, 0) is 45.8 Å². The fourth-order valence-electron chi connectivity index (χ4n) is 3.02. The molecule has 2 unspecified atom stereocenters. The molecule has 158 valence electrons. The molecule has 0 spiro atoms. The molecule has 2 heterocycles. The van der Waals surface area contributed by atoms with Crippen molar-refractivity contribution in [1.82, 2.24) is 9.78 Å². The van der Waals surface area contributed by atoms with Crippen molar-refractivity contribution in [2.75, 3.05) is 6.61 Å². The fraction of sp³-hybridized carbons (Fsp3) is 0.667. The highest BCUT2D eigenvalue weighted by Crippen LogP contribution is 2.27. The van der Waals surface area contributed by atoms with E-state index in [9.17, 15) is 14.6 Å². The molecule has 28 heavy (non-hydrogen) atoms. The summed E-state index contributed by atoms with van der Waals surface area (Å²) in [7, 11) is 0. The largest absolute Gasteiger partial charge is 0.446 e. The molecule has 0 aromatic carbocycles. The van der Waals surface area contributed by atoms with E-state index in [1.165, 1.54) is 0 Å². The average Bonchev–Trinajstić information content (AvgIpc) is 3.02. The summed E-state index contributed by atoms with van der Waals surface area (Å²) < 4.78 is 27.6. The Labute approximate surface area is 166 Å². The number of allylic oxidation sites excluding steroid dienone is 4. The van der Waals surface area contributed by atoms with Crippen molar-refractivity contribution >= 4 is 0 Å². The van der Waals surface area contributed by atoms with E-state index in [1.54, 1.807) is 17.7 Å². The Hall–Kier alpha value is -1.70. The van der Waals surface area contributed by atoms with Crippen LogP contribution >= 0.6 is 0 Å². The summed E-state index contributed by atoms with van der Waals surface area (Å²) in [5.74, 6) is 0.206. The number of rotatable bonds is 8. The molecule has 7 heteroatoms. The lowest BCUT2D eigenvalue weighted by Crippen LogP contribution is -2.40. The van der Waals surface area contributed by atoms with E-state index < -0.39 is 18.5 Å². The van der Waals surface area contributed by atoms with Gasteiger partial charge in [-0.25, -0.2) is 4.39 Å². The Morgan fingerprint density at radius 3 is 2.75 bits per heavy atom. The average molecular weight is 397 g/mol. The van der Waals surface area contributed by atoms with Crippen LogP contribution in [0.4, 0.5) is 4.39 Å². The van der Waals surface area contributed by atoms with E-state index in [0.717, 1.165) is 11.1 Å². The van der Waals surface area contributed by atoms with Gasteiger partial charge in [0.1, 0.15) is 5.83 Å². The predicted octanol–water partition coefficient (Wildman–Crippen LogP) is 3.84. The van der Waals surface area contributed by atoms with Crippen molar-refractivity contribution in [1.29, 1.82) is 0 Å². The third-order valence-electron chi connectivity index (χ3n) is 4.87. The smallest absolute Gasteiger partial charge is 0.238 e. The van der Waals surface area contributed by atoms with Crippen LogP contribution in [0.2, 0.25) is 0 Å². The maximum absolute atomic E-state index is 14.2. The van der Waals surface area contributed by atoms with Gasteiger partial charge in [-0.1, -0.05) is 12.5 Å². The van der Waals surface area contributed by atoms with Crippen molar-refractivity contribution in [3.05, 3.63) is 34.8 Å². The first kappa shape index (κ1) is 22.6. The first-order chi connectivity index (χ1) is 13.2. The van der Waals surface area contributed by atoms with Crippen LogP contribution in [0.3, 0.4) is 0 Å². The number of hydrogen-bond acceptors (Lipinski definition) is 5. The molecule has 0 aliphatic carbocycles. The van der Waals surface area contributed by atoms with Gasteiger partial charge in [-0.3, -0.25) is 4.68 Å². The first-order valence-corrected chi connectivity index (χ1v) is 9.94. The lowest BCUT2D eigenvalue weighted by Gasteiger charge is -2.31. The molecule has 1 aliphatic rings. The van der Waals surface area contributed by atoms with E-state index in [4.69, 9.17) is 9.47 Å². The van der Waals surface area contributed by atoms with Gasteiger partial charge in [0, 0.05) is 37.1 Å². The van der Waals surface area contributed by atoms with Gasteiger partial charge in [0.2, 0.25) is 12.2 Å². The van der Waals surface area contributed by atoms with Crippen LogP contribution in [0.15, 0.2) is 29.2 Å². The van der Waals surface area contributed by atoms with Crippen LogP contribution in [0.25, 0.3) is 0 Å². The Kier molecular flexibility index (Phi) is 8.22. The zero-order chi connectivity index (χ0) is 20.8. The van der Waals surface area contributed by atoms with E-state index in [0.29, 0.717) is 37.1 Å². The minimum atomic E-state index is -0.682. The molecule has 1 aromatic rings. The number of nitrogens with zero attached hydrogens (tertiary/aromatic N) is 2. The van der Waals surface area contributed by atoms with E-state index >= 15 is 0 Å². The summed E-state index contributed by atoms with van der Waals surface area (Å²) in [6.07, 6.45) is 3.57. The zero-order valence-corrected chi connectivity index (χ0v) is 17.5. The van der Waals surface area contributed by atoms with Crippen molar-refractivity contribution in [3.8, 4) is 5.88 Å².